The lowest BCUT2D eigenvalue weighted by Crippen LogP contribution is -2.24. The molecule has 0 spiro atoms. The molecule has 2 aromatic heterocycles. The molecule has 6 heteroatoms. The number of aromatic nitrogens is 4. The molecule has 0 unspecified atom stereocenters. The molecule has 0 aromatic carbocycles. The number of aromatic amines is 1. The number of carbonyl (C=O) groups is 1. The average molecular weight is 273 g/mol. The second-order valence-corrected chi connectivity index (χ2v) is 5.75. The van der Waals surface area contributed by atoms with Gasteiger partial charge in [0.15, 0.2) is 0 Å². The smallest absolute Gasteiger partial charge is 0.291 e. The molecule has 20 heavy (non-hydrogen) atoms. The summed E-state index contributed by atoms with van der Waals surface area (Å²) in [6.07, 6.45) is 1.74. The molecular formula is C14H19N5O. The standard InChI is InChI=1S/C14H19N5O/c1-9-5-6-10(7-15-9)8-16-12(20)11-17-13(19-18-11)14(2,3)4/h5-7H,8H2,1-4H3,(H,16,20)(H,17,18,19). The van der Waals surface area contributed by atoms with Crippen LogP contribution in [-0.2, 0) is 12.0 Å². The van der Waals surface area contributed by atoms with Gasteiger partial charge in [0.2, 0.25) is 5.82 Å². The monoisotopic (exact) mass is 273 g/mol. The molecule has 106 valence electrons. The van der Waals surface area contributed by atoms with Crippen LogP contribution in [0.3, 0.4) is 0 Å². The van der Waals surface area contributed by atoms with Crippen molar-refractivity contribution in [3.05, 3.63) is 41.2 Å². The molecule has 2 rings (SSSR count). The molecule has 0 fully saturated rings. The van der Waals surface area contributed by atoms with Crippen LogP contribution in [-0.4, -0.2) is 26.1 Å². The quantitative estimate of drug-likeness (QED) is 0.892. The van der Waals surface area contributed by atoms with E-state index in [-0.39, 0.29) is 17.1 Å². The molecule has 0 radical (unpaired) electrons. The molecule has 2 N–H and O–H groups in total. The van der Waals surface area contributed by atoms with E-state index in [2.05, 4.69) is 25.5 Å². The Kier molecular flexibility index (Phi) is 3.83. The molecule has 6 nitrogen and oxygen atoms in total. The topological polar surface area (TPSA) is 83.6 Å². The molecule has 1 amide bonds. The van der Waals surface area contributed by atoms with E-state index in [1.165, 1.54) is 0 Å². The maximum absolute atomic E-state index is 11.9. The highest BCUT2D eigenvalue weighted by atomic mass is 16.2. The molecule has 0 atom stereocenters. The van der Waals surface area contributed by atoms with E-state index in [9.17, 15) is 4.79 Å². The van der Waals surface area contributed by atoms with Crippen molar-refractivity contribution in [3.63, 3.8) is 0 Å². The normalized spacial score (nSPS) is 11.4. The maximum atomic E-state index is 11.9. The van der Waals surface area contributed by atoms with Crippen LogP contribution in [0.1, 0.15) is 48.5 Å². The van der Waals surface area contributed by atoms with E-state index in [0.717, 1.165) is 11.3 Å². The Labute approximate surface area is 118 Å². The van der Waals surface area contributed by atoms with Crippen LogP contribution in [0.25, 0.3) is 0 Å². The van der Waals surface area contributed by atoms with E-state index in [1.807, 2.05) is 39.8 Å². The summed E-state index contributed by atoms with van der Waals surface area (Å²) < 4.78 is 0. The van der Waals surface area contributed by atoms with E-state index in [1.54, 1.807) is 6.20 Å². The Morgan fingerprint density at radius 2 is 2.10 bits per heavy atom. The van der Waals surface area contributed by atoms with E-state index >= 15 is 0 Å². The highest BCUT2D eigenvalue weighted by Gasteiger charge is 2.21. The van der Waals surface area contributed by atoms with Gasteiger partial charge in [-0.3, -0.25) is 14.9 Å². The number of rotatable bonds is 3. The minimum absolute atomic E-state index is 0.160. The Bertz CT molecular complexity index is 595. The molecule has 2 aromatic rings. The number of hydrogen-bond donors (Lipinski definition) is 2. The minimum atomic E-state index is -0.294. The van der Waals surface area contributed by atoms with Crippen molar-refractivity contribution in [1.82, 2.24) is 25.5 Å². The number of carbonyl (C=O) groups excluding carboxylic acids is 1. The van der Waals surface area contributed by atoms with Gasteiger partial charge in [0.1, 0.15) is 5.82 Å². The third kappa shape index (κ3) is 3.40. The molecule has 0 aliphatic carbocycles. The zero-order chi connectivity index (χ0) is 14.8. The summed E-state index contributed by atoms with van der Waals surface area (Å²) in [6, 6.07) is 3.84. The predicted molar refractivity (Wildman–Crippen MR) is 75.2 cm³/mol. The van der Waals surface area contributed by atoms with Gasteiger partial charge in [-0.15, -0.1) is 5.10 Å². The molecule has 0 saturated heterocycles. The number of H-pyrrole nitrogens is 1. The van der Waals surface area contributed by atoms with E-state index in [4.69, 9.17) is 0 Å². The van der Waals surface area contributed by atoms with Crippen molar-refractivity contribution >= 4 is 5.91 Å². The van der Waals surface area contributed by atoms with Crippen LogP contribution in [0.2, 0.25) is 0 Å². The number of aryl methyl sites for hydroxylation is 1. The van der Waals surface area contributed by atoms with Crippen molar-refractivity contribution in [1.29, 1.82) is 0 Å². The lowest BCUT2D eigenvalue weighted by Gasteiger charge is -2.12. The zero-order valence-corrected chi connectivity index (χ0v) is 12.2. The molecule has 2 heterocycles. The van der Waals surface area contributed by atoms with Gasteiger partial charge in [-0.1, -0.05) is 26.8 Å². The zero-order valence-electron chi connectivity index (χ0n) is 12.2. The fourth-order valence-corrected chi connectivity index (χ4v) is 1.56. The van der Waals surface area contributed by atoms with Gasteiger partial charge in [-0.2, -0.15) is 0 Å². The number of amides is 1. The lowest BCUT2D eigenvalue weighted by atomic mass is 9.96. The third-order valence-electron chi connectivity index (χ3n) is 2.82. The molecule has 0 aliphatic heterocycles. The summed E-state index contributed by atoms with van der Waals surface area (Å²) in [4.78, 5) is 20.3. The summed E-state index contributed by atoms with van der Waals surface area (Å²) in [5.41, 5.74) is 1.73. The number of pyridine rings is 1. The van der Waals surface area contributed by atoms with Crippen LogP contribution in [0.4, 0.5) is 0 Å². The molecular weight excluding hydrogens is 254 g/mol. The van der Waals surface area contributed by atoms with Crippen molar-refractivity contribution in [2.24, 2.45) is 0 Å². The summed E-state index contributed by atoms with van der Waals surface area (Å²) in [5, 5.41) is 9.52. The number of hydrogen-bond acceptors (Lipinski definition) is 4. The van der Waals surface area contributed by atoms with Gasteiger partial charge < -0.3 is 5.32 Å². The minimum Gasteiger partial charge on any atom is -0.345 e. The first-order valence-electron chi connectivity index (χ1n) is 6.49. The van der Waals surface area contributed by atoms with Gasteiger partial charge >= 0.3 is 0 Å². The number of nitrogens with one attached hydrogen (secondary N) is 2. The van der Waals surface area contributed by atoms with E-state index < -0.39 is 0 Å². The van der Waals surface area contributed by atoms with Gasteiger partial charge in [0.05, 0.1) is 0 Å². The fourth-order valence-electron chi connectivity index (χ4n) is 1.56. The second-order valence-electron chi connectivity index (χ2n) is 5.75. The summed E-state index contributed by atoms with van der Waals surface area (Å²) in [7, 11) is 0. The summed E-state index contributed by atoms with van der Waals surface area (Å²) in [5.74, 6) is 0.562. The molecule has 0 saturated carbocycles. The first-order chi connectivity index (χ1) is 9.36. The van der Waals surface area contributed by atoms with E-state index in [0.29, 0.717) is 12.4 Å². The van der Waals surface area contributed by atoms with Gasteiger partial charge in [-0.25, -0.2) is 4.98 Å². The first-order valence-corrected chi connectivity index (χ1v) is 6.49. The van der Waals surface area contributed by atoms with Crippen molar-refractivity contribution in [2.45, 2.75) is 39.7 Å². The largest absolute Gasteiger partial charge is 0.345 e. The maximum Gasteiger partial charge on any atom is 0.291 e. The Morgan fingerprint density at radius 3 is 2.65 bits per heavy atom. The fraction of sp³-hybridized carbons (Fsp3) is 0.429. The van der Waals surface area contributed by atoms with Crippen LogP contribution < -0.4 is 5.32 Å². The third-order valence-corrected chi connectivity index (χ3v) is 2.82. The molecule has 0 bridgehead atoms. The number of nitrogens with zero attached hydrogens (tertiary/aromatic N) is 3. The van der Waals surface area contributed by atoms with Crippen LogP contribution in [0, 0.1) is 6.92 Å². The average Bonchev–Trinajstić information content (AvgIpc) is 2.87. The highest BCUT2D eigenvalue weighted by molar-refractivity contribution is 5.90. The second kappa shape index (κ2) is 5.40. The highest BCUT2D eigenvalue weighted by Crippen LogP contribution is 2.17. The SMILES string of the molecule is Cc1ccc(CNC(=O)c2n[nH]c(C(C)(C)C)n2)cn1. The Hall–Kier alpha value is -2.24. The van der Waals surface area contributed by atoms with Gasteiger partial charge in [0.25, 0.3) is 5.91 Å². The first kappa shape index (κ1) is 14.2. The van der Waals surface area contributed by atoms with Gasteiger partial charge in [-0.05, 0) is 18.6 Å². The van der Waals surface area contributed by atoms with Crippen molar-refractivity contribution in [2.75, 3.05) is 0 Å². The summed E-state index contributed by atoms with van der Waals surface area (Å²) in [6.45, 7) is 8.35. The Balaban J connectivity index is 1.98. The van der Waals surface area contributed by atoms with Crippen molar-refractivity contribution < 1.29 is 4.79 Å². The van der Waals surface area contributed by atoms with Crippen LogP contribution in [0.5, 0.6) is 0 Å². The summed E-state index contributed by atoms with van der Waals surface area (Å²) >= 11 is 0. The molecule has 0 aliphatic rings. The lowest BCUT2D eigenvalue weighted by molar-refractivity contribution is 0.0941. The van der Waals surface area contributed by atoms with Crippen LogP contribution >= 0.6 is 0 Å². The van der Waals surface area contributed by atoms with Crippen LogP contribution in [0.15, 0.2) is 18.3 Å². The van der Waals surface area contributed by atoms with Gasteiger partial charge in [0, 0.05) is 23.9 Å². The Morgan fingerprint density at radius 1 is 1.35 bits per heavy atom. The predicted octanol–water partition coefficient (Wildman–Crippen LogP) is 1.74. The van der Waals surface area contributed by atoms with Crippen molar-refractivity contribution in [3.8, 4) is 0 Å².